The molecule has 0 radical (unpaired) electrons. The number of carbonyl (C=O) groups excluding carboxylic acids is 1. The van der Waals surface area contributed by atoms with Gasteiger partial charge in [-0.05, 0) is 68.6 Å². The van der Waals surface area contributed by atoms with Crippen LogP contribution in [0.2, 0.25) is 25.7 Å². The van der Waals surface area contributed by atoms with Gasteiger partial charge in [-0.25, -0.2) is 18.9 Å². The maximum Gasteiger partial charge on any atom is 0.408 e. The number of aromatic nitrogens is 4. The van der Waals surface area contributed by atoms with E-state index in [1.807, 2.05) is 55.4 Å². The molecule has 1 amide bonds. The minimum atomic E-state index is -1.15. The third kappa shape index (κ3) is 8.99. The van der Waals surface area contributed by atoms with Gasteiger partial charge in [-0.1, -0.05) is 37.8 Å². The SMILES string of the molecule is Cc1cc(CC(NC(=O)OC(C)(C)C)c2nccn2Cc2cccc(F)c2)cc2cn(COCC[Si](C)(C)C)nc12. The second-order valence-electron chi connectivity index (χ2n) is 12.8. The zero-order valence-corrected chi connectivity index (χ0v) is 26.2. The van der Waals surface area contributed by atoms with Crippen molar-refractivity contribution in [3.63, 3.8) is 0 Å². The van der Waals surface area contributed by atoms with Crippen molar-refractivity contribution >= 4 is 25.1 Å². The molecule has 2 aromatic carbocycles. The average Bonchev–Trinajstić information content (AvgIpc) is 3.47. The number of fused-ring (bicyclic) bond motifs is 1. The first-order valence-electron chi connectivity index (χ1n) is 14.1. The predicted octanol–water partition coefficient (Wildman–Crippen LogP) is 6.85. The fourth-order valence-electron chi connectivity index (χ4n) is 4.65. The van der Waals surface area contributed by atoms with E-state index < -0.39 is 25.8 Å². The Bertz CT molecular complexity index is 1490. The molecule has 4 rings (SSSR count). The number of rotatable bonds is 11. The normalized spacial score (nSPS) is 13.0. The van der Waals surface area contributed by atoms with E-state index in [4.69, 9.17) is 14.6 Å². The van der Waals surface area contributed by atoms with Crippen LogP contribution in [0.15, 0.2) is 55.0 Å². The van der Waals surface area contributed by atoms with E-state index in [2.05, 4.69) is 42.1 Å². The summed E-state index contributed by atoms with van der Waals surface area (Å²) in [5.41, 5.74) is 3.14. The van der Waals surface area contributed by atoms with E-state index in [1.54, 1.807) is 12.3 Å². The van der Waals surface area contributed by atoms with Gasteiger partial charge in [-0.15, -0.1) is 0 Å². The summed E-state index contributed by atoms with van der Waals surface area (Å²) < 4.78 is 29.1. The van der Waals surface area contributed by atoms with Crippen molar-refractivity contribution in [2.24, 2.45) is 0 Å². The molecule has 0 saturated carbocycles. The molecule has 0 aliphatic heterocycles. The van der Waals surface area contributed by atoms with Crippen LogP contribution in [0.1, 0.15) is 49.3 Å². The van der Waals surface area contributed by atoms with Crippen molar-refractivity contribution in [1.29, 1.82) is 0 Å². The van der Waals surface area contributed by atoms with Crippen molar-refractivity contribution in [1.82, 2.24) is 24.6 Å². The predicted molar refractivity (Wildman–Crippen MR) is 162 cm³/mol. The molecule has 0 aliphatic carbocycles. The van der Waals surface area contributed by atoms with Gasteiger partial charge in [-0.2, -0.15) is 5.10 Å². The van der Waals surface area contributed by atoms with E-state index in [0.717, 1.165) is 40.2 Å². The second kappa shape index (κ2) is 12.6. The highest BCUT2D eigenvalue weighted by Crippen LogP contribution is 2.25. The molecule has 8 nitrogen and oxygen atoms in total. The number of imidazole rings is 1. The molecule has 1 atom stereocenters. The Labute approximate surface area is 242 Å². The minimum Gasteiger partial charge on any atom is -0.444 e. The maximum absolute atomic E-state index is 13.9. The lowest BCUT2D eigenvalue weighted by Crippen LogP contribution is -2.37. The van der Waals surface area contributed by atoms with Crippen LogP contribution < -0.4 is 5.32 Å². The Balaban J connectivity index is 1.58. The lowest BCUT2D eigenvalue weighted by molar-refractivity contribution is 0.0500. The van der Waals surface area contributed by atoms with E-state index in [1.165, 1.54) is 12.1 Å². The Kier molecular flexibility index (Phi) is 9.33. The largest absolute Gasteiger partial charge is 0.444 e. The fourth-order valence-corrected chi connectivity index (χ4v) is 5.40. The topological polar surface area (TPSA) is 83.2 Å². The number of alkyl carbamates (subject to hydrolysis) is 1. The summed E-state index contributed by atoms with van der Waals surface area (Å²) >= 11 is 0. The molecular weight excluding hydrogens is 537 g/mol. The Morgan fingerprint density at radius 2 is 1.93 bits per heavy atom. The van der Waals surface area contributed by atoms with Crippen LogP contribution in [0, 0.1) is 12.7 Å². The second-order valence-corrected chi connectivity index (χ2v) is 18.4. The van der Waals surface area contributed by atoms with Gasteiger partial charge in [0.1, 0.15) is 24.0 Å². The van der Waals surface area contributed by atoms with Crippen molar-refractivity contribution in [2.75, 3.05) is 6.61 Å². The van der Waals surface area contributed by atoms with Gasteiger partial charge in [0.2, 0.25) is 0 Å². The molecule has 1 N–H and O–H groups in total. The molecule has 1 unspecified atom stereocenters. The molecule has 41 heavy (non-hydrogen) atoms. The van der Waals surface area contributed by atoms with E-state index >= 15 is 0 Å². The monoisotopic (exact) mass is 579 g/mol. The summed E-state index contributed by atoms with van der Waals surface area (Å²) in [6.07, 6.45) is 5.49. The molecule has 0 bridgehead atoms. The number of amides is 1. The first-order chi connectivity index (χ1) is 19.3. The highest BCUT2D eigenvalue weighted by atomic mass is 28.3. The third-order valence-electron chi connectivity index (χ3n) is 6.56. The molecule has 2 heterocycles. The van der Waals surface area contributed by atoms with Crippen molar-refractivity contribution < 1.29 is 18.7 Å². The van der Waals surface area contributed by atoms with Crippen molar-refractivity contribution in [2.45, 2.75) is 84.7 Å². The zero-order chi connectivity index (χ0) is 29.8. The van der Waals surface area contributed by atoms with E-state index in [-0.39, 0.29) is 5.82 Å². The summed E-state index contributed by atoms with van der Waals surface area (Å²) in [5, 5.41) is 8.77. The number of ether oxygens (including phenoxy) is 2. The quantitative estimate of drug-likeness (QED) is 0.155. The Morgan fingerprint density at radius 3 is 2.63 bits per heavy atom. The van der Waals surface area contributed by atoms with Gasteiger partial charge >= 0.3 is 6.09 Å². The van der Waals surface area contributed by atoms with Crippen LogP contribution in [0.4, 0.5) is 9.18 Å². The fraction of sp³-hybridized carbons (Fsp3) is 0.452. The maximum atomic E-state index is 13.9. The highest BCUT2D eigenvalue weighted by Gasteiger charge is 2.24. The van der Waals surface area contributed by atoms with Gasteiger partial charge < -0.3 is 19.4 Å². The minimum absolute atomic E-state index is 0.293. The van der Waals surface area contributed by atoms with Crippen LogP contribution in [-0.4, -0.2) is 45.7 Å². The van der Waals surface area contributed by atoms with Crippen LogP contribution >= 0.6 is 0 Å². The van der Waals surface area contributed by atoms with Gasteiger partial charge in [0.25, 0.3) is 0 Å². The Hall–Kier alpha value is -3.50. The van der Waals surface area contributed by atoms with Crippen molar-refractivity contribution in [3.8, 4) is 0 Å². The average molecular weight is 580 g/mol. The first-order valence-corrected chi connectivity index (χ1v) is 17.8. The smallest absolute Gasteiger partial charge is 0.408 e. The van der Waals surface area contributed by atoms with Gasteiger partial charge in [-0.3, -0.25) is 0 Å². The number of hydrogen-bond acceptors (Lipinski definition) is 5. The van der Waals surface area contributed by atoms with Crippen LogP contribution in [0.5, 0.6) is 0 Å². The molecule has 2 aromatic heterocycles. The lowest BCUT2D eigenvalue weighted by atomic mass is 10.0. The summed E-state index contributed by atoms with van der Waals surface area (Å²) in [5.74, 6) is 0.364. The Morgan fingerprint density at radius 1 is 1.15 bits per heavy atom. The highest BCUT2D eigenvalue weighted by molar-refractivity contribution is 6.76. The van der Waals surface area contributed by atoms with Gasteiger partial charge in [0.05, 0.1) is 11.6 Å². The van der Waals surface area contributed by atoms with Crippen LogP contribution in [0.25, 0.3) is 10.9 Å². The summed E-state index contributed by atoms with van der Waals surface area (Å²) in [4.78, 5) is 17.5. The van der Waals surface area contributed by atoms with E-state index in [0.29, 0.717) is 25.5 Å². The number of nitrogens with one attached hydrogen (secondary N) is 1. The molecule has 0 aliphatic rings. The summed E-state index contributed by atoms with van der Waals surface area (Å²) in [6.45, 7) is 16.1. The summed E-state index contributed by atoms with van der Waals surface area (Å²) in [6, 6.07) is 11.3. The first kappa shape index (κ1) is 30.5. The third-order valence-corrected chi connectivity index (χ3v) is 8.26. The van der Waals surface area contributed by atoms with Gasteiger partial charge in [0, 0.05) is 51.6 Å². The molecule has 220 valence electrons. The van der Waals surface area contributed by atoms with E-state index in [9.17, 15) is 9.18 Å². The van der Waals surface area contributed by atoms with Crippen LogP contribution in [-0.2, 0) is 29.2 Å². The molecular formula is C31H42FN5O3Si. The summed E-state index contributed by atoms with van der Waals surface area (Å²) in [7, 11) is -1.15. The van der Waals surface area contributed by atoms with Crippen molar-refractivity contribution in [3.05, 3.63) is 83.3 Å². The number of benzene rings is 2. The molecule has 0 saturated heterocycles. The molecule has 10 heteroatoms. The number of halogens is 1. The standard InChI is InChI=1S/C31H42FN5O3Si/c1-22-15-24(16-25-20-37(35-28(22)25)21-39-13-14-41(5,6)7)18-27(34-30(38)40-31(2,3)4)29-33-11-12-36(29)19-23-9-8-10-26(32)17-23/h8-12,15-17,20,27H,13-14,18-19,21H2,1-7H3,(H,34,38). The van der Waals surface area contributed by atoms with Crippen LogP contribution in [0.3, 0.4) is 0 Å². The lowest BCUT2D eigenvalue weighted by Gasteiger charge is -2.24. The zero-order valence-electron chi connectivity index (χ0n) is 25.2. The number of nitrogens with zero attached hydrogens (tertiary/aromatic N) is 4. The molecule has 0 fully saturated rings. The molecule has 0 spiro atoms. The molecule has 4 aromatic rings. The van der Waals surface area contributed by atoms with Gasteiger partial charge in [0.15, 0.2) is 0 Å². The number of aryl methyl sites for hydroxylation is 1. The number of hydrogen-bond donors (Lipinski definition) is 1. The number of carbonyl (C=O) groups is 1.